The molecule has 0 aliphatic heterocycles. The molecule has 0 saturated heterocycles. The zero-order valence-corrected chi connectivity index (χ0v) is 11.1. The summed E-state index contributed by atoms with van der Waals surface area (Å²) >= 11 is 0. The van der Waals surface area contributed by atoms with Gasteiger partial charge in [-0.1, -0.05) is 32.0 Å². The van der Waals surface area contributed by atoms with E-state index in [9.17, 15) is 0 Å². The third-order valence-corrected chi connectivity index (χ3v) is 3.79. The largest absolute Gasteiger partial charge is 0.378 e. The van der Waals surface area contributed by atoms with E-state index in [4.69, 9.17) is 5.73 Å². The van der Waals surface area contributed by atoms with Gasteiger partial charge in [-0.15, -0.1) is 0 Å². The Balaban J connectivity index is 2.42. The predicted octanol–water partition coefficient (Wildman–Crippen LogP) is 3.16. The number of para-hydroxylation sites is 1. The summed E-state index contributed by atoms with van der Waals surface area (Å²) in [6.07, 6.45) is 3.87. The Morgan fingerprint density at radius 1 is 1.17 bits per heavy atom. The summed E-state index contributed by atoms with van der Waals surface area (Å²) in [5, 5.41) is 4.77. The number of nitrogens with one attached hydrogen (secondary N) is 1. The Morgan fingerprint density at radius 3 is 2.56 bits per heavy atom. The van der Waals surface area contributed by atoms with Gasteiger partial charge in [-0.2, -0.15) is 0 Å². The molecule has 1 heterocycles. The fourth-order valence-corrected chi connectivity index (χ4v) is 2.26. The van der Waals surface area contributed by atoms with Gasteiger partial charge in [0.1, 0.15) is 0 Å². The van der Waals surface area contributed by atoms with E-state index in [1.54, 1.807) is 0 Å². The minimum absolute atomic E-state index is 0.0237. The normalized spacial score (nSPS) is 11.7. The van der Waals surface area contributed by atoms with Crippen molar-refractivity contribution in [3.8, 4) is 0 Å². The minimum Gasteiger partial charge on any atom is -0.378 e. The van der Waals surface area contributed by atoms with Crippen molar-refractivity contribution in [3.63, 3.8) is 0 Å². The SMILES string of the molecule is CCC(CC)(CN)Nc1ccnc2ccccc12. The summed E-state index contributed by atoms with van der Waals surface area (Å²) in [5.74, 6) is 0. The van der Waals surface area contributed by atoms with Gasteiger partial charge in [-0.05, 0) is 25.0 Å². The minimum atomic E-state index is -0.0237. The molecule has 2 rings (SSSR count). The highest BCUT2D eigenvalue weighted by atomic mass is 15.0. The molecule has 96 valence electrons. The number of fused-ring (bicyclic) bond motifs is 1. The predicted molar refractivity (Wildman–Crippen MR) is 77.7 cm³/mol. The van der Waals surface area contributed by atoms with Gasteiger partial charge in [-0.3, -0.25) is 4.98 Å². The zero-order chi connectivity index (χ0) is 13.0. The first kappa shape index (κ1) is 12.8. The summed E-state index contributed by atoms with van der Waals surface area (Å²) in [6, 6.07) is 10.2. The van der Waals surface area contributed by atoms with E-state index in [1.807, 2.05) is 30.5 Å². The van der Waals surface area contributed by atoms with Crippen LogP contribution in [0, 0.1) is 0 Å². The zero-order valence-electron chi connectivity index (χ0n) is 11.1. The van der Waals surface area contributed by atoms with Gasteiger partial charge < -0.3 is 11.1 Å². The smallest absolute Gasteiger partial charge is 0.0722 e. The highest BCUT2D eigenvalue weighted by Crippen LogP contribution is 2.27. The van der Waals surface area contributed by atoms with Gasteiger partial charge in [-0.25, -0.2) is 0 Å². The van der Waals surface area contributed by atoms with Crippen LogP contribution in [0.1, 0.15) is 26.7 Å². The van der Waals surface area contributed by atoms with Gasteiger partial charge in [0.05, 0.1) is 5.52 Å². The van der Waals surface area contributed by atoms with Gasteiger partial charge >= 0.3 is 0 Å². The Labute approximate surface area is 108 Å². The van der Waals surface area contributed by atoms with E-state index < -0.39 is 0 Å². The van der Waals surface area contributed by atoms with E-state index in [-0.39, 0.29) is 5.54 Å². The number of nitrogens with two attached hydrogens (primary N) is 1. The molecule has 0 aliphatic rings. The van der Waals surface area contributed by atoms with E-state index in [1.165, 1.54) is 0 Å². The molecule has 18 heavy (non-hydrogen) atoms. The fourth-order valence-electron chi connectivity index (χ4n) is 2.26. The quantitative estimate of drug-likeness (QED) is 0.848. The summed E-state index contributed by atoms with van der Waals surface area (Å²) in [5.41, 5.74) is 8.05. The lowest BCUT2D eigenvalue weighted by Crippen LogP contribution is -2.44. The van der Waals surface area contributed by atoms with Crippen LogP contribution in [0.2, 0.25) is 0 Å². The van der Waals surface area contributed by atoms with Crippen molar-refractivity contribution >= 4 is 16.6 Å². The summed E-state index contributed by atoms with van der Waals surface area (Å²) in [4.78, 5) is 4.38. The number of benzene rings is 1. The molecule has 0 saturated carbocycles. The monoisotopic (exact) mass is 243 g/mol. The molecule has 0 aliphatic carbocycles. The maximum absolute atomic E-state index is 5.94. The molecule has 3 nitrogen and oxygen atoms in total. The summed E-state index contributed by atoms with van der Waals surface area (Å²) < 4.78 is 0. The molecule has 3 heteroatoms. The van der Waals surface area contributed by atoms with Crippen LogP contribution in [0.5, 0.6) is 0 Å². The van der Waals surface area contributed by atoms with Crippen molar-refractivity contribution < 1.29 is 0 Å². The molecule has 2 aromatic rings. The van der Waals surface area contributed by atoms with Crippen LogP contribution in [0.25, 0.3) is 10.9 Å². The second kappa shape index (κ2) is 5.36. The van der Waals surface area contributed by atoms with Gasteiger partial charge in [0.25, 0.3) is 0 Å². The lowest BCUT2D eigenvalue weighted by Gasteiger charge is -2.33. The Morgan fingerprint density at radius 2 is 1.89 bits per heavy atom. The third kappa shape index (κ3) is 2.31. The number of rotatable bonds is 5. The second-order valence-corrected chi connectivity index (χ2v) is 4.69. The van der Waals surface area contributed by atoms with Crippen LogP contribution < -0.4 is 11.1 Å². The second-order valence-electron chi connectivity index (χ2n) is 4.69. The molecule has 0 amide bonds. The van der Waals surface area contributed by atoms with Crippen molar-refractivity contribution in [2.24, 2.45) is 5.73 Å². The van der Waals surface area contributed by atoms with E-state index in [0.29, 0.717) is 6.54 Å². The molecule has 0 bridgehead atoms. The third-order valence-electron chi connectivity index (χ3n) is 3.79. The first-order chi connectivity index (χ1) is 8.74. The van der Waals surface area contributed by atoms with Crippen LogP contribution >= 0.6 is 0 Å². The Kier molecular flexibility index (Phi) is 3.82. The van der Waals surface area contributed by atoms with Crippen LogP contribution in [-0.2, 0) is 0 Å². The van der Waals surface area contributed by atoms with E-state index in [0.717, 1.165) is 29.4 Å². The van der Waals surface area contributed by atoms with E-state index >= 15 is 0 Å². The maximum Gasteiger partial charge on any atom is 0.0722 e. The summed E-state index contributed by atoms with van der Waals surface area (Å²) in [7, 11) is 0. The van der Waals surface area contributed by atoms with Gasteiger partial charge in [0.2, 0.25) is 0 Å². The van der Waals surface area contributed by atoms with E-state index in [2.05, 4.69) is 30.2 Å². The standard InChI is InChI=1S/C15H21N3/c1-3-15(4-2,11-16)18-14-9-10-17-13-8-6-5-7-12(13)14/h5-10H,3-4,11,16H2,1-2H3,(H,17,18). The van der Waals surface area contributed by atoms with Crippen molar-refractivity contribution in [3.05, 3.63) is 36.5 Å². The molecule has 0 unspecified atom stereocenters. The highest BCUT2D eigenvalue weighted by molar-refractivity contribution is 5.91. The van der Waals surface area contributed by atoms with Crippen molar-refractivity contribution in [2.45, 2.75) is 32.2 Å². The maximum atomic E-state index is 5.94. The number of hydrogen-bond donors (Lipinski definition) is 2. The Bertz CT molecular complexity index is 504. The molecular formula is C15H21N3. The lowest BCUT2D eigenvalue weighted by atomic mass is 9.92. The number of hydrogen-bond acceptors (Lipinski definition) is 3. The topological polar surface area (TPSA) is 50.9 Å². The molecule has 0 radical (unpaired) electrons. The molecular weight excluding hydrogens is 222 g/mol. The highest BCUT2D eigenvalue weighted by Gasteiger charge is 2.24. The van der Waals surface area contributed by atoms with Crippen molar-refractivity contribution in [1.82, 2.24) is 4.98 Å². The number of pyridine rings is 1. The molecule has 1 aromatic carbocycles. The van der Waals surface area contributed by atoms with Crippen molar-refractivity contribution in [1.29, 1.82) is 0 Å². The van der Waals surface area contributed by atoms with Crippen LogP contribution in [0.3, 0.4) is 0 Å². The van der Waals surface area contributed by atoms with Crippen LogP contribution in [0.4, 0.5) is 5.69 Å². The molecule has 0 atom stereocenters. The van der Waals surface area contributed by atoms with Crippen LogP contribution in [0.15, 0.2) is 36.5 Å². The lowest BCUT2D eigenvalue weighted by molar-refractivity contribution is 0.446. The van der Waals surface area contributed by atoms with Crippen molar-refractivity contribution in [2.75, 3.05) is 11.9 Å². The van der Waals surface area contributed by atoms with Gasteiger partial charge in [0.15, 0.2) is 0 Å². The molecule has 1 aromatic heterocycles. The molecule has 3 N–H and O–H groups in total. The first-order valence-electron chi connectivity index (χ1n) is 6.56. The Hall–Kier alpha value is -1.61. The summed E-state index contributed by atoms with van der Waals surface area (Å²) in [6.45, 7) is 4.98. The molecule has 0 fully saturated rings. The van der Waals surface area contributed by atoms with Crippen LogP contribution in [-0.4, -0.2) is 17.1 Å². The average Bonchev–Trinajstić information content (AvgIpc) is 2.45. The fraction of sp³-hybridized carbons (Fsp3) is 0.400. The number of aromatic nitrogens is 1. The number of nitrogens with zero attached hydrogens (tertiary/aromatic N) is 1. The van der Waals surface area contributed by atoms with Gasteiger partial charge in [0, 0.05) is 29.4 Å². The number of anilines is 1. The first-order valence-corrected chi connectivity index (χ1v) is 6.56. The molecule has 0 spiro atoms. The average molecular weight is 243 g/mol.